The van der Waals surface area contributed by atoms with Gasteiger partial charge in [-0.2, -0.15) is 0 Å². The Kier molecular flexibility index (Phi) is 10.8. The Balaban J connectivity index is 1.11. The van der Waals surface area contributed by atoms with Crippen LogP contribution in [0.15, 0.2) is 231 Å². The molecule has 1 aliphatic carbocycles. The lowest BCUT2D eigenvalue weighted by molar-refractivity contribution is 0.245. The van der Waals surface area contributed by atoms with Crippen molar-refractivity contribution in [2.24, 2.45) is 0 Å². The third kappa shape index (κ3) is 7.32. The molecule has 0 aromatic heterocycles. The first-order valence-electron chi connectivity index (χ1n) is 28.2. The molecule has 14 rings (SSSR count). The lowest BCUT2D eigenvalue weighted by Gasteiger charge is -2.52. The van der Waals surface area contributed by atoms with Crippen molar-refractivity contribution in [3.05, 3.63) is 258 Å². The molecule has 0 spiro atoms. The van der Waals surface area contributed by atoms with Crippen LogP contribution < -0.4 is 31.1 Å². The standard InChI is InChI=1S/C74H66BN3/c1-71(2,3)56-33-36-58(37-34-56)76-66-40-35-57(72(4,5)6)46-64(66)75-63-38-31-55(51-25-16-11-17-26-51)45-67(63)77(59-29-20-28-53(43-59)49-21-12-9-13-22-49)69-48-60(47-68(76)70(69)75)78-65-39-32-54(50-23-14-10-15-24-50)44-62(65)73(7)42-41-52-27-18-19-30-61(52)74(73,78)8/h9-40,43-48H,41-42H2,1-8H3. The summed E-state index contributed by atoms with van der Waals surface area (Å²) in [5.41, 5.74) is 26.9. The Bertz CT molecular complexity index is 3980. The highest BCUT2D eigenvalue weighted by atomic mass is 15.3. The lowest BCUT2D eigenvalue weighted by Crippen LogP contribution is -2.61. The van der Waals surface area contributed by atoms with Crippen LogP contribution in [0.5, 0.6) is 0 Å². The van der Waals surface area contributed by atoms with Crippen molar-refractivity contribution in [3.8, 4) is 33.4 Å². The molecule has 2 unspecified atom stereocenters. The molecule has 0 radical (unpaired) electrons. The molecule has 3 aliphatic heterocycles. The van der Waals surface area contributed by atoms with Crippen molar-refractivity contribution in [2.75, 3.05) is 14.7 Å². The predicted molar refractivity (Wildman–Crippen MR) is 332 cm³/mol. The van der Waals surface area contributed by atoms with Gasteiger partial charge in [0.15, 0.2) is 0 Å². The van der Waals surface area contributed by atoms with Crippen molar-refractivity contribution in [1.29, 1.82) is 0 Å². The normalized spacial score (nSPS) is 17.9. The summed E-state index contributed by atoms with van der Waals surface area (Å²) in [5, 5.41) is 0. The highest BCUT2D eigenvalue weighted by Gasteiger charge is 2.60. The molecular formula is C74H66BN3. The van der Waals surface area contributed by atoms with E-state index in [2.05, 4.69) is 301 Å². The van der Waals surface area contributed by atoms with E-state index in [4.69, 9.17) is 0 Å². The van der Waals surface area contributed by atoms with Crippen LogP contribution in [-0.4, -0.2) is 6.71 Å². The zero-order valence-corrected chi connectivity index (χ0v) is 46.3. The van der Waals surface area contributed by atoms with Crippen LogP contribution in [0, 0.1) is 0 Å². The van der Waals surface area contributed by atoms with E-state index in [0.29, 0.717) is 0 Å². The van der Waals surface area contributed by atoms with Gasteiger partial charge in [-0.15, -0.1) is 0 Å². The van der Waals surface area contributed by atoms with E-state index in [1.165, 1.54) is 112 Å². The number of rotatable bonds is 6. The number of nitrogens with zero attached hydrogens (tertiary/aromatic N) is 3. The highest BCUT2D eigenvalue weighted by molar-refractivity contribution is 7.00. The van der Waals surface area contributed by atoms with Gasteiger partial charge in [0.2, 0.25) is 0 Å². The molecule has 0 saturated carbocycles. The third-order valence-electron chi connectivity index (χ3n) is 18.4. The van der Waals surface area contributed by atoms with Crippen LogP contribution in [0.3, 0.4) is 0 Å². The average molecular weight is 1010 g/mol. The Morgan fingerprint density at radius 2 is 0.910 bits per heavy atom. The smallest absolute Gasteiger partial charge is 0.252 e. The van der Waals surface area contributed by atoms with Crippen molar-refractivity contribution < 1.29 is 0 Å². The van der Waals surface area contributed by atoms with Crippen LogP contribution in [-0.2, 0) is 28.2 Å². The first-order valence-corrected chi connectivity index (χ1v) is 28.2. The zero-order chi connectivity index (χ0) is 53.3. The Labute approximate surface area is 462 Å². The van der Waals surface area contributed by atoms with Crippen LogP contribution in [0.4, 0.5) is 45.5 Å². The van der Waals surface area contributed by atoms with Crippen molar-refractivity contribution >= 4 is 68.6 Å². The second kappa shape index (κ2) is 17.6. The van der Waals surface area contributed by atoms with Gasteiger partial charge >= 0.3 is 0 Å². The Morgan fingerprint density at radius 1 is 0.372 bits per heavy atom. The first kappa shape index (κ1) is 48.1. The largest absolute Gasteiger partial charge is 0.330 e. The van der Waals surface area contributed by atoms with Gasteiger partial charge in [0, 0.05) is 50.9 Å². The van der Waals surface area contributed by atoms with Gasteiger partial charge in [-0.1, -0.05) is 218 Å². The quantitative estimate of drug-likeness (QED) is 0.154. The Morgan fingerprint density at radius 3 is 1.55 bits per heavy atom. The molecule has 10 aromatic carbocycles. The second-order valence-electron chi connectivity index (χ2n) is 24.9. The minimum absolute atomic E-state index is 0.00310. The third-order valence-corrected chi connectivity index (χ3v) is 18.4. The Hall–Kier alpha value is -8.34. The van der Waals surface area contributed by atoms with Crippen molar-refractivity contribution in [1.82, 2.24) is 0 Å². The minimum Gasteiger partial charge on any atom is -0.330 e. The van der Waals surface area contributed by atoms with E-state index in [1.54, 1.807) is 0 Å². The summed E-state index contributed by atoms with van der Waals surface area (Å²) in [6, 6.07) is 87.9. The monoisotopic (exact) mass is 1010 g/mol. The van der Waals surface area contributed by atoms with Gasteiger partial charge in [-0.3, -0.25) is 0 Å². The molecule has 2 atom stereocenters. The van der Waals surface area contributed by atoms with E-state index in [0.717, 1.165) is 24.2 Å². The summed E-state index contributed by atoms with van der Waals surface area (Å²) in [4.78, 5) is 8.01. The molecular weight excluding hydrogens is 942 g/mol. The van der Waals surface area contributed by atoms with Crippen molar-refractivity contribution in [3.63, 3.8) is 0 Å². The summed E-state index contributed by atoms with van der Waals surface area (Å²) >= 11 is 0. The van der Waals surface area contributed by atoms with Gasteiger partial charge in [0.05, 0.1) is 5.54 Å². The van der Waals surface area contributed by atoms with Gasteiger partial charge in [-0.05, 0) is 169 Å². The summed E-state index contributed by atoms with van der Waals surface area (Å²) in [5.74, 6) is 0. The fraction of sp³-hybridized carbons (Fsp3) is 0.189. The molecule has 4 aliphatic rings. The maximum absolute atomic E-state index is 2.77. The van der Waals surface area contributed by atoms with Gasteiger partial charge in [0.25, 0.3) is 6.71 Å². The summed E-state index contributed by atoms with van der Waals surface area (Å²) in [6.07, 6.45) is 2.06. The molecule has 4 heteroatoms. The fourth-order valence-corrected chi connectivity index (χ4v) is 14.0. The summed E-state index contributed by atoms with van der Waals surface area (Å²) < 4.78 is 0. The van der Waals surface area contributed by atoms with Gasteiger partial charge in [0.1, 0.15) is 0 Å². The molecule has 3 heterocycles. The van der Waals surface area contributed by atoms with Crippen LogP contribution in [0.2, 0.25) is 0 Å². The van der Waals surface area contributed by atoms with Crippen molar-refractivity contribution in [2.45, 2.75) is 90.0 Å². The zero-order valence-electron chi connectivity index (χ0n) is 46.3. The topological polar surface area (TPSA) is 9.72 Å². The maximum atomic E-state index is 2.77. The lowest BCUT2D eigenvalue weighted by atomic mass is 9.33. The molecule has 3 nitrogen and oxygen atoms in total. The summed E-state index contributed by atoms with van der Waals surface area (Å²) in [6.45, 7) is 19.0. The van der Waals surface area contributed by atoms with E-state index in [9.17, 15) is 0 Å². The predicted octanol–water partition coefficient (Wildman–Crippen LogP) is 17.6. The van der Waals surface area contributed by atoms with Crippen LogP contribution >= 0.6 is 0 Å². The van der Waals surface area contributed by atoms with Gasteiger partial charge < -0.3 is 14.7 Å². The maximum Gasteiger partial charge on any atom is 0.252 e. The first-order chi connectivity index (χ1) is 37.7. The molecule has 78 heavy (non-hydrogen) atoms. The molecule has 0 bridgehead atoms. The number of hydrogen-bond acceptors (Lipinski definition) is 3. The highest BCUT2D eigenvalue weighted by Crippen LogP contribution is 2.65. The fourth-order valence-electron chi connectivity index (χ4n) is 14.0. The number of fused-ring (bicyclic) bond motifs is 9. The number of anilines is 8. The average Bonchev–Trinajstić information content (AvgIpc) is 2.89. The van der Waals surface area contributed by atoms with Crippen LogP contribution in [0.1, 0.15) is 89.6 Å². The van der Waals surface area contributed by atoms with E-state index < -0.39 is 5.54 Å². The van der Waals surface area contributed by atoms with E-state index >= 15 is 0 Å². The molecule has 0 saturated heterocycles. The molecule has 380 valence electrons. The van der Waals surface area contributed by atoms with E-state index in [-0.39, 0.29) is 23.0 Å². The number of aryl methyl sites for hydroxylation is 1. The number of hydrogen-bond donors (Lipinski definition) is 0. The van der Waals surface area contributed by atoms with E-state index in [1.807, 2.05) is 0 Å². The van der Waals surface area contributed by atoms with Crippen LogP contribution in [0.25, 0.3) is 33.4 Å². The second-order valence-corrected chi connectivity index (χ2v) is 24.9. The molecule has 10 aromatic rings. The molecule has 0 fully saturated rings. The molecule has 0 N–H and O–H groups in total. The number of benzene rings is 10. The SMILES string of the molecule is CC(C)(C)c1ccc(N2c3ccc(C(C)(C)C)cc3B3c4ccc(-c5ccccc5)cc4N(c4cccc(-c5ccccc5)c4)c4cc(N5c6ccc(-c7ccccc7)cc6C6(C)CCc7ccccc7C56C)cc2c43)cc1. The van der Waals surface area contributed by atoms with Gasteiger partial charge in [-0.25, -0.2) is 0 Å². The molecule has 0 amide bonds. The minimum atomic E-state index is -0.446. The summed E-state index contributed by atoms with van der Waals surface area (Å²) in [7, 11) is 0.